The van der Waals surface area contributed by atoms with Gasteiger partial charge in [0, 0.05) is 5.56 Å². The molecule has 2 rings (SSSR count). The monoisotopic (exact) mass is 357 g/mol. The van der Waals surface area contributed by atoms with E-state index >= 15 is 0 Å². The van der Waals surface area contributed by atoms with Crippen molar-refractivity contribution in [2.45, 2.75) is 26.0 Å². The number of hydrogen-bond acceptors (Lipinski definition) is 4. The molecule has 0 fully saturated rings. The average molecular weight is 357 g/mol. The predicted octanol–water partition coefficient (Wildman–Crippen LogP) is 2.88. The number of ether oxygens (including phenoxy) is 2. The number of nitrogens with one attached hydrogen (secondary N) is 1. The van der Waals surface area contributed by atoms with Crippen molar-refractivity contribution >= 4 is 11.9 Å². The van der Waals surface area contributed by atoms with Gasteiger partial charge in [-0.15, -0.1) is 0 Å². The molecule has 0 aliphatic rings. The van der Waals surface area contributed by atoms with Crippen LogP contribution in [-0.2, 0) is 16.1 Å². The van der Waals surface area contributed by atoms with Crippen LogP contribution in [0, 0.1) is 0 Å². The molecular formula is C20H23NO5. The van der Waals surface area contributed by atoms with Gasteiger partial charge in [-0.2, -0.15) is 0 Å². The van der Waals surface area contributed by atoms with Gasteiger partial charge in [0.25, 0.3) is 5.91 Å². The van der Waals surface area contributed by atoms with Crippen LogP contribution < -0.4 is 10.1 Å². The van der Waals surface area contributed by atoms with Crippen LogP contribution >= 0.6 is 0 Å². The summed E-state index contributed by atoms with van der Waals surface area (Å²) in [7, 11) is 0. The molecule has 0 atom stereocenters. The zero-order chi connectivity index (χ0) is 19.0. The maximum atomic E-state index is 12.4. The zero-order valence-corrected chi connectivity index (χ0v) is 14.9. The minimum absolute atomic E-state index is 0.279. The van der Waals surface area contributed by atoms with Crippen LogP contribution in [0.25, 0.3) is 0 Å². The number of hydrogen-bond donors (Lipinski definition) is 2. The first-order valence-corrected chi connectivity index (χ1v) is 8.24. The largest absolute Gasteiger partial charge is 0.482 e. The molecule has 26 heavy (non-hydrogen) atoms. The highest BCUT2D eigenvalue weighted by Crippen LogP contribution is 2.15. The first kappa shape index (κ1) is 19.5. The fourth-order valence-corrected chi connectivity index (χ4v) is 2.29. The van der Waals surface area contributed by atoms with Gasteiger partial charge in [0.1, 0.15) is 5.75 Å². The molecule has 2 N–H and O–H groups in total. The Balaban J connectivity index is 1.88. The van der Waals surface area contributed by atoms with Gasteiger partial charge in [0.15, 0.2) is 6.61 Å². The quantitative estimate of drug-likeness (QED) is 0.721. The topological polar surface area (TPSA) is 84.9 Å². The first-order chi connectivity index (χ1) is 12.4. The normalized spacial score (nSPS) is 11.0. The molecule has 0 aromatic heterocycles. The van der Waals surface area contributed by atoms with E-state index in [2.05, 4.69) is 5.32 Å². The second kappa shape index (κ2) is 9.01. The Morgan fingerprint density at radius 3 is 2.50 bits per heavy atom. The molecule has 0 radical (unpaired) electrons. The lowest BCUT2D eigenvalue weighted by molar-refractivity contribution is -0.139. The molecule has 6 heteroatoms. The molecule has 6 nitrogen and oxygen atoms in total. The van der Waals surface area contributed by atoms with Gasteiger partial charge in [-0.05, 0) is 37.6 Å². The van der Waals surface area contributed by atoms with E-state index in [4.69, 9.17) is 14.6 Å². The number of rotatable bonds is 9. The maximum Gasteiger partial charge on any atom is 0.341 e. The highest BCUT2D eigenvalue weighted by molar-refractivity contribution is 5.95. The summed E-state index contributed by atoms with van der Waals surface area (Å²) in [5, 5.41) is 11.6. The molecule has 0 spiro atoms. The van der Waals surface area contributed by atoms with Gasteiger partial charge < -0.3 is 19.9 Å². The smallest absolute Gasteiger partial charge is 0.341 e. The van der Waals surface area contributed by atoms with E-state index in [1.54, 1.807) is 18.2 Å². The maximum absolute atomic E-state index is 12.4. The molecule has 1 amide bonds. The number of benzene rings is 2. The SMILES string of the molecule is CC(C)(COCc1ccccc1)NC(=O)c1cccc(OCC(=O)O)c1. The van der Waals surface area contributed by atoms with Gasteiger partial charge in [0.2, 0.25) is 0 Å². The second-order valence-corrected chi connectivity index (χ2v) is 6.53. The highest BCUT2D eigenvalue weighted by atomic mass is 16.5. The van der Waals surface area contributed by atoms with Crippen molar-refractivity contribution in [3.05, 3.63) is 65.7 Å². The van der Waals surface area contributed by atoms with Crippen molar-refractivity contribution in [2.75, 3.05) is 13.2 Å². The van der Waals surface area contributed by atoms with Crippen LogP contribution in [0.2, 0.25) is 0 Å². The third kappa shape index (κ3) is 6.57. The first-order valence-electron chi connectivity index (χ1n) is 8.24. The van der Waals surface area contributed by atoms with E-state index in [9.17, 15) is 9.59 Å². The van der Waals surface area contributed by atoms with E-state index in [-0.39, 0.29) is 5.91 Å². The van der Waals surface area contributed by atoms with Crippen molar-refractivity contribution in [1.82, 2.24) is 5.32 Å². The van der Waals surface area contributed by atoms with Crippen molar-refractivity contribution < 1.29 is 24.2 Å². The highest BCUT2D eigenvalue weighted by Gasteiger charge is 2.22. The van der Waals surface area contributed by atoms with Crippen LogP contribution in [0.3, 0.4) is 0 Å². The zero-order valence-electron chi connectivity index (χ0n) is 14.9. The van der Waals surface area contributed by atoms with Gasteiger partial charge in [-0.25, -0.2) is 4.79 Å². The van der Waals surface area contributed by atoms with E-state index in [1.807, 2.05) is 44.2 Å². The number of carbonyl (C=O) groups is 2. The van der Waals surface area contributed by atoms with Crippen molar-refractivity contribution in [3.63, 3.8) is 0 Å². The second-order valence-electron chi connectivity index (χ2n) is 6.53. The fraction of sp³-hybridized carbons (Fsp3) is 0.300. The van der Waals surface area contributed by atoms with Crippen LogP contribution in [0.1, 0.15) is 29.8 Å². The Kier molecular flexibility index (Phi) is 6.74. The van der Waals surface area contributed by atoms with E-state index < -0.39 is 18.1 Å². The van der Waals surface area contributed by atoms with Crippen LogP contribution in [0.4, 0.5) is 0 Å². The molecule has 2 aromatic carbocycles. The molecule has 0 unspecified atom stereocenters. The summed E-state index contributed by atoms with van der Waals surface area (Å²) < 4.78 is 10.8. The number of amides is 1. The predicted molar refractivity (Wildman–Crippen MR) is 97.2 cm³/mol. The Morgan fingerprint density at radius 1 is 1.08 bits per heavy atom. The van der Waals surface area contributed by atoms with Gasteiger partial charge in [0.05, 0.1) is 18.8 Å². The molecule has 0 aliphatic heterocycles. The summed E-state index contributed by atoms with van der Waals surface area (Å²) in [5.41, 5.74) is 0.894. The van der Waals surface area contributed by atoms with E-state index in [0.29, 0.717) is 24.5 Å². The molecule has 0 heterocycles. The Morgan fingerprint density at radius 2 is 1.81 bits per heavy atom. The van der Waals surface area contributed by atoms with Crippen molar-refractivity contribution in [1.29, 1.82) is 0 Å². The molecule has 138 valence electrons. The Bertz CT molecular complexity index is 743. The fourth-order valence-electron chi connectivity index (χ4n) is 2.29. The number of carboxylic acids is 1. The Hall–Kier alpha value is -2.86. The van der Waals surface area contributed by atoms with Gasteiger partial charge in [-0.3, -0.25) is 4.79 Å². The third-order valence-corrected chi connectivity index (χ3v) is 3.48. The summed E-state index contributed by atoms with van der Waals surface area (Å²) in [5.74, 6) is -1.02. The summed E-state index contributed by atoms with van der Waals surface area (Å²) in [4.78, 5) is 23.0. The minimum Gasteiger partial charge on any atom is -0.482 e. The van der Waals surface area contributed by atoms with Gasteiger partial charge >= 0.3 is 5.97 Å². The number of carbonyl (C=O) groups excluding carboxylic acids is 1. The number of aliphatic carboxylic acids is 1. The molecule has 0 saturated heterocycles. The standard InChI is InChI=1S/C20H23NO5/c1-20(2,14-25-12-15-7-4-3-5-8-15)21-19(24)16-9-6-10-17(11-16)26-13-18(22)23/h3-11H,12-14H2,1-2H3,(H,21,24)(H,22,23). The number of carboxylic acid groups (broad SMARTS) is 1. The summed E-state index contributed by atoms with van der Waals surface area (Å²) in [6.07, 6.45) is 0. The molecule has 0 saturated carbocycles. The Labute approximate surface area is 152 Å². The lowest BCUT2D eigenvalue weighted by atomic mass is 10.1. The van der Waals surface area contributed by atoms with Crippen LogP contribution in [-0.4, -0.2) is 35.7 Å². The molecular weight excluding hydrogens is 334 g/mol. The lowest BCUT2D eigenvalue weighted by Crippen LogP contribution is -2.47. The lowest BCUT2D eigenvalue weighted by Gasteiger charge is -2.26. The molecule has 2 aromatic rings. The van der Waals surface area contributed by atoms with E-state index in [0.717, 1.165) is 5.56 Å². The van der Waals surface area contributed by atoms with Crippen LogP contribution in [0.15, 0.2) is 54.6 Å². The summed E-state index contributed by atoms with van der Waals surface area (Å²) in [6, 6.07) is 16.2. The van der Waals surface area contributed by atoms with Gasteiger partial charge in [-0.1, -0.05) is 36.4 Å². The molecule has 0 aliphatic carbocycles. The molecule has 0 bridgehead atoms. The minimum atomic E-state index is -1.07. The van der Waals surface area contributed by atoms with E-state index in [1.165, 1.54) is 6.07 Å². The summed E-state index contributed by atoms with van der Waals surface area (Å²) in [6.45, 7) is 4.12. The third-order valence-electron chi connectivity index (χ3n) is 3.48. The van der Waals surface area contributed by atoms with Crippen LogP contribution in [0.5, 0.6) is 5.75 Å². The van der Waals surface area contributed by atoms with Crippen molar-refractivity contribution in [3.8, 4) is 5.75 Å². The average Bonchev–Trinajstić information content (AvgIpc) is 2.60. The summed E-state index contributed by atoms with van der Waals surface area (Å²) >= 11 is 0. The van der Waals surface area contributed by atoms with Crippen molar-refractivity contribution in [2.24, 2.45) is 0 Å².